The molecule has 0 aliphatic carbocycles. The van der Waals surface area contributed by atoms with E-state index in [2.05, 4.69) is 9.88 Å². The van der Waals surface area contributed by atoms with Crippen LogP contribution in [0.4, 0.5) is 11.4 Å². The van der Waals surface area contributed by atoms with Crippen molar-refractivity contribution < 1.29 is 15.0 Å². The lowest BCUT2D eigenvalue weighted by molar-refractivity contribution is -0.159. The van der Waals surface area contributed by atoms with Gasteiger partial charge in [0.2, 0.25) is 0 Å². The molecule has 1 aromatic rings. The highest BCUT2D eigenvalue weighted by molar-refractivity contribution is 5.72. The molecule has 1 fully saturated rings. The molecule has 0 spiro atoms. The lowest BCUT2D eigenvalue weighted by atomic mass is 9.62. The van der Waals surface area contributed by atoms with Crippen LogP contribution in [0.15, 0.2) is 18.5 Å². The topological polar surface area (TPSA) is 99.7 Å². The molecule has 1 aromatic heterocycles. The number of hydrogen-bond donors (Lipinski definition) is 3. The van der Waals surface area contributed by atoms with Gasteiger partial charge in [0.05, 0.1) is 29.1 Å². The number of carboxylic acid groups (broad SMARTS) is 1. The van der Waals surface area contributed by atoms with Crippen LogP contribution in [0.1, 0.15) is 34.6 Å². The number of aromatic nitrogens is 1. The molecule has 1 saturated heterocycles. The highest BCUT2D eigenvalue weighted by Crippen LogP contribution is 2.45. The van der Waals surface area contributed by atoms with Gasteiger partial charge in [-0.15, -0.1) is 0 Å². The molecule has 0 radical (unpaired) electrons. The molecule has 6 nitrogen and oxygen atoms in total. The maximum absolute atomic E-state index is 12.0. The van der Waals surface area contributed by atoms with Crippen LogP contribution >= 0.6 is 0 Å². The molecule has 4 N–H and O–H groups in total. The maximum atomic E-state index is 12.0. The standard InChI is InChI=1S/C18H29N3O3/c1-11-9-21(14-6-7-20-8-13(14)19)10-12(18(11,5)24)15(16(22)23)17(2,3)4/h6-8,11-12,15,24H,9-10,19H2,1-5H3,(H,22,23)/t11-,12-,15?,18+/m0/s1. The molecule has 6 heteroatoms. The van der Waals surface area contributed by atoms with E-state index < -0.39 is 28.8 Å². The van der Waals surface area contributed by atoms with E-state index in [9.17, 15) is 15.0 Å². The molecule has 24 heavy (non-hydrogen) atoms. The van der Waals surface area contributed by atoms with E-state index in [4.69, 9.17) is 5.73 Å². The van der Waals surface area contributed by atoms with Crippen molar-refractivity contribution in [3.05, 3.63) is 18.5 Å². The summed E-state index contributed by atoms with van der Waals surface area (Å²) in [7, 11) is 0. The van der Waals surface area contributed by atoms with Gasteiger partial charge >= 0.3 is 5.97 Å². The van der Waals surface area contributed by atoms with Crippen molar-refractivity contribution in [1.29, 1.82) is 0 Å². The third-order valence-corrected chi connectivity index (χ3v) is 5.43. The monoisotopic (exact) mass is 335 g/mol. The second kappa shape index (κ2) is 6.24. The van der Waals surface area contributed by atoms with Crippen LogP contribution in [0, 0.1) is 23.2 Å². The van der Waals surface area contributed by atoms with Gasteiger partial charge < -0.3 is 20.8 Å². The lowest BCUT2D eigenvalue weighted by Gasteiger charge is -2.52. The quantitative estimate of drug-likeness (QED) is 0.783. The molecule has 1 aliphatic heterocycles. The van der Waals surface area contributed by atoms with Gasteiger partial charge in [-0.1, -0.05) is 27.7 Å². The number of nitrogens with zero attached hydrogens (tertiary/aromatic N) is 2. The zero-order valence-corrected chi connectivity index (χ0v) is 15.2. The average Bonchev–Trinajstić information content (AvgIpc) is 2.42. The minimum Gasteiger partial charge on any atom is -0.481 e. The van der Waals surface area contributed by atoms with Gasteiger partial charge in [0.25, 0.3) is 0 Å². The number of aliphatic hydroxyl groups is 1. The molecule has 2 rings (SSSR count). The maximum Gasteiger partial charge on any atom is 0.307 e. The molecule has 0 bridgehead atoms. The first-order valence-electron chi connectivity index (χ1n) is 8.36. The first-order valence-corrected chi connectivity index (χ1v) is 8.36. The number of pyridine rings is 1. The summed E-state index contributed by atoms with van der Waals surface area (Å²) in [5.74, 6) is -2.04. The number of piperidine rings is 1. The van der Waals surface area contributed by atoms with Crippen molar-refractivity contribution in [3.8, 4) is 0 Å². The Kier molecular flexibility index (Phi) is 4.81. The van der Waals surface area contributed by atoms with Crippen LogP contribution in [0.5, 0.6) is 0 Å². The van der Waals surface area contributed by atoms with Crippen LogP contribution < -0.4 is 10.6 Å². The van der Waals surface area contributed by atoms with Crippen molar-refractivity contribution in [2.75, 3.05) is 23.7 Å². The summed E-state index contributed by atoms with van der Waals surface area (Å²) in [4.78, 5) is 18.1. The van der Waals surface area contributed by atoms with E-state index in [0.717, 1.165) is 5.69 Å². The molecule has 0 saturated carbocycles. The van der Waals surface area contributed by atoms with Gasteiger partial charge in [0, 0.05) is 31.1 Å². The number of carboxylic acids is 1. The number of carbonyl (C=O) groups is 1. The van der Waals surface area contributed by atoms with Crippen LogP contribution in [0.3, 0.4) is 0 Å². The molecule has 2 heterocycles. The third-order valence-electron chi connectivity index (χ3n) is 5.43. The largest absolute Gasteiger partial charge is 0.481 e. The van der Waals surface area contributed by atoms with Crippen molar-refractivity contribution in [2.45, 2.75) is 40.2 Å². The van der Waals surface area contributed by atoms with E-state index in [1.54, 1.807) is 19.3 Å². The molecular weight excluding hydrogens is 306 g/mol. The predicted molar refractivity (Wildman–Crippen MR) is 94.7 cm³/mol. The average molecular weight is 335 g/mol. The summed E-state index contributed by atoms with van der Waals surface area (Å²) in [6, 6.07) is 1.84. The first kappa shape index (κ1) is 18.5. The normalized spacial score (nSPS) is 29.3. The lowest BCUT2D eigenvalue weighted by Crippen LogP contribution is -2.61. The number of rotatable bonds is 3. The van der Waals surface area contributed by atoms with Gasteiger partial charge in [-0.25, -0.2) is 0 Å². The van der Waals surface area contributed by atoms with E-state index in [1.807, 2.05) is 33.8 Å². The van der Waals surface area contributed by atoms with Gasteiger partial charge in [-0.2, -0.15) is 0 Å². The fraction of sp³-hybridized carbons (Fsp3) is 0.667. The third kappa shape index (κ3) is 3.34. The number of nitrogen functional groups attached to an aromatic ring is 1. The molecule has 0 amide bonds. The van der Waals surface area contributed by atoms with Crippen LogP contribution in [-0.4, -0.2) is 39.9 Å². The van der Waals surface area contributed by atoms with E-state index in [-0.39, 0.29) is 5.92 Å². The highest BCUT2D eigenvalue weighted by atomic mass is 16.4. The van der Waals surface area contributed by atoms with Gasteiger partial charge in [-0.05, 0) is 18.4 Å². The van der Waals surface area contributed by atoms with Crippen molar-refractivity contribution in [1.82, 2.24) is 4.98 Å². The van der Waals surface area contributed by atoms with Crippen LogP contribution in [0.2, 0.25) is 0 Å². The summed E-state index contributed by atoms with van der Waals surface area (Å²) in [6.45, 7) is 10.5. The number of anilines is 2. The van der Waals surface area contributed by atoms with Crippen LogP contribution in [0.25, 0.3) is 0 Å². The minimum atomic E-state index is -1.06. The Morgan fingerprint density at radius 1 is 1.46 bits per heavy atom. The summed E-state index contributed by atoms with van der Waals surface area (Å²) >= 11 is 0. The van der Waals surface area contributed by atoms with Crippen LogP contribution in [-0.2, 0) is 4.79 Å². The van der Waals surface area contributed by atoms with Gasteiger partial charge in [0.1, 0.15) is 0 Å². The SMILES string of the molecule is C[C@H]1CN(c2ccncc2N)C[C@@H](C(C(=O)O)C(C)(C)C)[C@]1(C)O. The fourth-order valence-corrected chi connectivity index (χ4v) is 3.85. The Balaban J connectivity index is 2.44. The zero-order valence-electron chi connectivity index (χ0n) is 15.2. The Labute approximate surface area is 143 Å². The molecule has 4 atom stereocenters. The second-order valence-corrected chi connectivity index (χ2v) is 8.25. The van der Waals surface area contributed by atoms with E-state index >= 15 is 0 Å². The smallest absolute Gasteiger partial charge is 0.307 e. The van der Waals surface area contributed by atoms with Gasteiger partial charge in [0.15, 0.2) is 0 Å². The van der Waals surface area contributed by atoms with Crippen molar-refractivity contribution in [2.24, 2.45) is 23.2 Å². The zero-order chi connectivity index (χ0) is 18.3. The Hall–Kier alpha value is -1.82. The molecule has 1 unspecified atom stereocenters. The Morgan fingerprint density at radius 2 is 2.08 bits per heavy atom. The summed E-state index contributed by atoms with van der Waals surface area (Å²) in [5, 5.41) is 20.9. The number of hydrogen-bond acceptors (Lipinski definition) is 5. The summed E-state index contributed by atoms with van der Waals surface area (Å²) in [5.41, 5.74) is 5.93. The molecule has 1 aliphatic rings. The predicted octanol–water partition coefficient (Wildman–Crippen LogP) is 2.23. The molecule has 134 valence electrons. The Bertz CT molecular complexity index is 610. The summed E-state index contributed by atoms with van der Waals surface area (Å²) in [6.07, 6.45) is 3.27. The second-order valence-electron chi connectivity index (χ2n) is 8.25. The summed E-state index contributed by atoms with van der Waals surface area (Å²) < 4.78 is 0. The first-order chi connectivity index (χ1) is 11.0. The van der Waals surface area contributed by atoms with Crippen molar-refractivity contribution >= 4 is 17.3 Å². The number of nitrogens with two attached hydrogens (primary N) is 1. The minimum absolute atomic E-state index is 0.0898. The molecular formula is C18H29N3O3. The fourth-order valence-electron chi connectivity index (χ4n) is 3.85. The van der Waals surface area contributed by atoms with E-state index in [1.165, 1.54) is 0 Å². The highest BCUT2D eigenvalue weighted by Gasteiger charge is 2.52. The molecule has 0 aromatic carbocycles. The van der Waals surface area contributed by atoms with Crippen molar-refractivity contribution in [3.63, 3.8) is 0 Å². The van der Waals surface area contributed by atoms with E-state index in [0.29, 0.717) is 18.8 Å². The van der Waals surface area contributed by atoms with Gasteiger partial charge in [-0.3, -0.25) is 9.78 Å². The Morgan fingerprint density at radius 3 is 2.58 bits per heavy atom. The number of aliphatic carboxylic acids is 1.